The standard InChI is InChI=1S/C24H23IN4O2S/c1-30-20-13-28(14-20)12-16-3-5-17(6-4-16)19-9-21-22(15-29(32-25)24(21)27-11-19)18-7-8-23(31-2)26-10-18/h3-11,15,20H,12-14H2,1-2H3. The van der Waals surface area contributed by atoms with Crippen LogP contribution in [0.1, 0.15) is 5.56 Å². The van der Waals surface area contributed by atoms with Gasteiger partial charge in [0.05, 0.1) is 13.2 Å². The van der Waals surface area contributed by atoms with E-state index in [9.17, 15) is 0 Å². The Kier molecular flexibility index (Phi) is 6.36. The number of benzene rings is 1. The zero-order chi connectivity index (χ0) is 22.1. The van der Waals surface area contributed by atoms with Crippen LogP contribution in [0.3, 0.4) is 0 Å². The van der Waals surface area contributed by atoms with E-state index < -0.39 is 0 Å². The molecule has 32 heavy (non-hydrogen) atoms. The van der Waals surface area contributed by atoms with Gasteiger partial charge < -0.3 is 9.47 Å². The Morgan fingerprint density at radius 2 is 1.75 bits per heavy atom. The topological polar surface area (TPSA) is 52.4 Å². The summed E-state index contributed by atoms with van der Waals surface area (Å²) in [5, 5.41) is 1.11. The van der Waals surface area contributed by atoms with Crippen molar-refractivity contribution in [2.75, 3.05) is 27.3 Å². The zero-order valence-electron chi connectivity index (χ0n) is 17.9. The summed E-state index contributed by atoms with van der Waals surface area (Å²) in [6.45, 7) is 2.98. The number of likely N-dealkylation sites (tertiary alicyclic amines) is 1. The number of rotatable bonds is 7. The molecule has 4 heterocycles. The fraction of sp³-hybridized carbons (Fsp3) is 0.250. The number of hydrogen-bond acceptors (Lipinski definition) is 6. The maximum Gasteiger partial charge on any atom is 0.212 e. The number of pyridine rings is 2. The molecule has 6 nitrogen and oxygen atoms in total. The van der Waals surface area contributed by atoms with E-state index in [4.69, 9.17) is 14.5 Å². The molecule has 8 heteroatoms. The lowest BCUT2D eigenvalue weighted by molar-refractivity contribution is -0.0333. The van der Waals surface area contributed by atoms with E-state index in [0.29, 0.717) is 12.0 Å². The third-order valence-corrected chi connectivity index (χ3v) is 7.59. The lowest BCUT2D eigenvalue weighted by Gasteiger charge is -2.38. The van der Waals surface area contributed by atoms with E-state index in [-0.39, 0.29) is 0 Å². The molecule has 0 amide bonds. The third kappa shape index (κ3) is 4.24. The molecule has 1 aliphatic rings. The van der Waals surface area contributed by atoms with Crippen LogP contribution in [0, 0.1) is 0 Å². The molecule has 0 atom stereocenters. The van der Waals surface area contributed by atoms with Crippen molar-refractivity contribution >= 4 is 41.4 Å². The first-order chi connectivity index (χ1) is 15.7. The Morgan fingerprint density at radius 1 is 1.00 bits per heavy atom. The van der Waals surface area contributed by atoms with Crippen molar-refractivity contribution in [1.82, 2.24) is 18.8 Å². The van der Waals surface area contributed by atoms with Gasteiger partial charge in [-0.1, -0.05) is 24.3 Å². The monoisotopic (exact) mass is 558 g/mol. The normalized spacial score (nSPS) is 14.6. The second kappa shape index (κ2) is 9.38. The quantitative estimate of drug-likeness (QED) is 0.281. The number of fused-ring (bicyclic) bond motifs is 1. The summed E-state index contributed by atoms with van der Waals surface area (Å²) in [5.74, 6) is 0.607. The van der Waals surface area contributed by atoms with Gasteiger partial charge in [0.2, 0.25) is 5.88 Å². The van der Waals surface area contributed by atoms with Gasteiger partial charge in [-0.05, 0) is 23.3 Å². The van der Waals surface area contributed by atoms with Gasteiger partial charge in [0, 0.05) is 104 Å². The number of hydrogen-bond donors (Lipinski definition) is 0. The minimum atomic E-state index is 0.384. The molecule has 0 bridgehead atoms. The molecule has 0 saturated carbocycles. The summed E-state index contributed by atoms with van der Waals surface area (Å²) >= 11 is 2.28. The largest absolute Gasteiger partial charge is 0.481 e. The maximum atomic E-state index is 5.37. The van der Waals surface area contributed by atoms with Crippen molar-refractivity contribution in [3.63, 3.8) is 0 Å². The average Bonchev–Trinajstić information content (AvgIpc) is 3.19. The Balaban J connectivity index is 1.44. The Hall–Kier alpha value is -2.14. The van der Waals surface area contributed by atoms with Crippen LogP contribution in [0.5, 0.6) is 5.88 Å². The summed E-state index contributed by atoms with van der Waals surface area (Å²) < 4.78 is 12.7. The van der Waals surface area contributed by atoms with Crippen molar-refractivity contribution in [2.45, 2.75) is 12.6 Å². The number of ether oxygens (including phenoxy) is 2. The predicted octanol–water partition coefficient (Wildman–Crippen LogP) is 5.45. The van der Waals surface area contributed by atoms with Crippen LogP contribution in [0.25, 0.3) is 33.3 Å². The van der Waals surface area contributed by atoms with E-state index in [1.54, 1.807) is 23.3 Å². The fourth-order valence-corrected chi connectivity index (χ4v) is 5.30. The molecule has 3 aromatic heterocycles. The van der Waals surface area contributed by atoms with Crippen LogP contribution in [0.4, 0.5) is 0 Å². The molecule has 0 radical (unpaired) electrons. The Labute approximate surface area is 203 Å². The summed E-state index contributed by atoms with van der Waals surface area (Å²) in [7, 11) is 5.02. The number of nitrogens with zero attached hydrogens (tertiary/aromatic N) is 4. The summed E-state index contributed by atoms with van der Waals surface area (Å²) in [6.07, 6.45) is 6.30. The van der Waals surface area contributed by atoms with Gasteiger partial charge in [0.25, 0.3) is 0 Å². The smallest absolute Gasteiger partial charge is 0.212 e. The van der Waals surface area contributed by atoms with Crippen molar-refractivity contribution in [1.29, 1.82) is 0 Å². The highest BCUT2D eigenvalue weighted by atomic mass is 127. The lowest BCUT2D eigenvalue weighted by atomic mass is 10.0. The van der Waals surface area contributed by atoms with Crippen LogP contribution in [-0.2, 0) is 11.3 Å². The predicted molar refractivity (Wildman–Crippen MR) is 138 cm³/mol. The molecular formula is C24H23IN4O2S. The Bertz CT molecular complexity index is 1220. The van der Waals surface area contributed by atoms with Crippen molar-refractivity contribution in [2.24, 2.45) is 0 Å². The first-order valence-electron chi connectivity index (χ1n) is 10.3. The average molecular weight is 558 g/mol. The van der Waals surface area contributed by atoms with Crippen LogP contribution in [0.2, 0.25) is 0 Å². The van der Waals surface area contributed by atoms with Gasteiger partial charge in [-0.25, -0.2) is 9.97 Å². The van der Waals surface area contributed by atoms with Crippen molar-refractivity contribution in [3.8, 4) is 28.1 Å². The van der Waals surface area contributed by atoms with E-state index >= 15 is 0 Å². The van der Waals surface area contributed by atoms with Crippen LogP contribution in [0.15, 0.2) is 61.1 Å². The van der Waals surface area contributed by atoms with Gasteiger partial charge >= 0.3 is 0 Å². The van der Waals surface area contributed by atoms with Gasteiger partial charge in [0.1, 0.15) is 0 Å². The van der Waals surface area contributed by atoms with E-state index in [1.807, 2.05) is 24.5 Å². The van der Waals surface area contributed by atoms with Gasteiger partial charge in [-0.2, -0.15) is 0 Å². The molecule has 0 spiro atoms. The van der Waals surface area contributed by atoms with Crippen LogP contribution < -0.4 is 4.74 Å². The van der Waals surface area contributed by atoms with E-state index in [1.165, 1.54) is 5.56 Å². The lowest BCUT2D eigenvalue weighted by Crippen LogP contribution is -2.50. The molecule has 5 rings (SSSR count). The van der Waals surface area contributed by atoms with E-state index in [0.717, 1.165) is 52.9 Å². The fourth-order valence-electron chi connectivity index (χ4n) is 4.04. The molecule has 0 N–H and O–H groups in total. The van der Waals surface area contributed by atoms with Gasteiger partial charge in [-0.3, -0.25) is 8.87 Å². The second-order valence-electron chi connectivity index (χ2n) is 7.87. The summed E-state index contributed by atoms with van der Waals surface area (Å²) in [4.78, 5) is 11.6. The Morgan fingerprint density at radius 3 is 2.41 bits per heavy atom. The van der Waals surface area contributed by atoms with Crippen molar-refractivity contribution < 1.29 is 9.47 Å². The van der Waals surface area contributed by atoms with Gasteiger partial charge in [0.15, 0.2) is 5.65 Å². The highest BCUT2D eigenvalue weighted by Gasteiger charge is 2.25. The minimum Gasteiger partial charge on any atom is -0.481 e. The SMILES string of the molecule is COc1ccc(-c2cn(SI)c3ncc(-c4ccc(CN5CC(OC)C5)cc4)cc23)cn1. The molecule has 1 aromatic carbocycles. The van der Waals surface area contributed by atoms with Crippen LogP contribution in [-0.4, -0.2) is 52.3 Å². The number of aromatic nitrogens is 3. The molecule has 0 unspecified atom stereocenters. The summed E-state index contributed by atoms with van der Waals surface area (Å²) in [6, 6.07) is 14.9. The van der Waals surface area contributed by atoms with Crippen LogP contribution >= 0.6 is 30.3 Å². The first kappa shape index (κ1) is 21.7. The highest BCUT2D eigenvalue weighted by molar-refractivity contribution is 14.2. The maximum absolute atomic E-state index is 5.37. The highest BCUT2D eigenvalue weighted by Crippen LogP contribution is 2.36. The molecule has 1 aliphatic heterocycles. The molecule has 164 valence electrons. The molecule has 1 fully saturated rings. The molecule has 4 aromatic rings. The first-order valence-corrected chi connectivity index (χ1v) is 13.6. The number of halogens is 1. The minimum absolute atomic E-state index is 0.384. The van der Waals surface area contributed by atoms with Gasteiger partial charge in [-0.15, -0.1) is 0 Å². The zero-order valence-corrected chi connectivity index (χ0v) is 20.8. The van der Waals surface area contributed by atoms with E-state index in [2.05, 4.69) is 71.6 Å². The molecule has 0 aliphatic carbocycles. The second-order valence-corrected chi connectivity index (χ2v) is 9.58. The number of methoxy groups -OCH3 is 2. The molecule has 1 saturated heterocycles. The molecular weight excluding hydrogens is 535 g/mol. The summed E-state index contributed by atoms with van der Waals surface area (Å²) in [5.41, 5.74) is 6.67. The van der Waals surface area contributed by atoms with Crippen molar-refractivity contribution in [3.05, 3.63) is 66.6 Å². The third-order valence-electron chi connectivity index (χ3n) is 5.89.